The van der Waals surface area contributed by atoms with E-state index in [4.69, 9.17) is 10.9 Å². The minimum atomic E-state index is -4.15. The number of primary sulfonamides is 1. The number of non-ortho nitro benzene ring substituents is 1. The van der Waals surface area contributed by atoms with Crippen molar-refractivity contribution in [3.63, 3.8) is 0 Å². The molecule has 0 heterocycles. The topological polar surface area (TPSA) is 129 Å². The van der Waals surface area contributed by atoms with Gasteiger partial charge in [0, 0.05) is 17.7 Å². The molecule has 0 spiro atoms. The van der Waals surface area contributed by atoms with E-state index < -0.39 is 19.8 Å². The number of nitrogen functional groups attached to an aromatic ring is 1. The van der Waals surface area contributed by atoms with Crippen LogP contribution in [0.4, 0.5) is 11.4 Å². The fourth-order valence-corrected chi connectivity index (χ4v) is 2.51. The second-order valence-corrected chi connectivity index (χ2v) is 5.60. The van der Waals surface area contributed by atoms with Crippen LogP contribution < -0.4 is 10.9 Å². The Balaban J connectivity index is 2.81. The van der Waals surface area contributed by atoms with Crippen molar-refractivity contribution in [2.24, 2.45) is 5.14 Å². The third kappa shape index (κ3) is 2.60. The first kappa shape index (κ1) is 14.0. The normalized spacial score (nSPS) is 11.2. The maximum Gasteiger partial charge on any atom is 0.271 e. The first-order valence-corrected chi connectivity index (χ1v) is 7.01. The zero-order valence-electron chi connectivity index (χ0n) is 10.2. The molecule has 104 valence electrons. The van der Waals surface area contributed by atoms with E-state index in [0.29, 0.717) is 5.56 Å². The number of hydrogen-bond donors (Lipinski definition) is 2. The summed E-state index contributed by atoms with van der Waals surface area (Å²) in [5, 5.41) is 15.9. The summed E-state index contributed by atoms with van der Waals surface area (Å²) < 4.78 is 23.0. The van der Waals surface area contributed by atoms with Gasteiger partial charge < -0.3 is 5.73 Å². The van der Waals surface area contributed by atoms with Crippen LogP contribution in [-0.4, -0.2) is 13.3 Å². The third-order valence-electron chi connectivity index (χ3n) is 2.73. The van der Waals surface area contributed by atoms with Crippen LogP contribution in [0.15, 0.2) is 47.4 Å². The molecule has 0 bridgehead atoms. The van der Waals surface area contributed by atoms with Crippen molar-refractivity contribution >= 4 is 21.4 Å². The van der Waals surface area contributed by atoms with Gasteiger partial charge in [-0.2, -0.15) is 0 Å². The molecular formula is C12H11N3O4S. The summed E-state index contributed by atoms with van der Waals surface area (Å²) in [5.74, 6) is 0. The summed E-state index contributed by atoms with van der Waals surface area (Å²) in [7, 11) is -4.15. The van der Waals surface area contributed by atoms with Gasteiger partial charge in [0.25, 0.3) is 5.69 Å². The maximum absolute atomic E-state index is 11.5. The van der Waals surface area contributed by atoms with Crippen molar-refractivity contribution in [2.45, 2.75) is 4.90 Å². The monoisotopic (exact) mass is 293 g/mol. The molecule has 0 aliphatic rings. The standard InChI is InChI=1S/C12H11N3O4S/c13-12-10(8-4-2-1-3-5-8)6-9(15(16)17)7-11(12)20(14,18)19/h1-7H,13H2,(H2,14,18,19). The van der Waals surface area contributed by atoms with Gasteiger partial charge in [0.1, 0.15) is 4.90 Å². The second-order valence-electron chi connectivity index (χ2n) is 4.07. The van der Waals surface area contributed by atoms with Crippen LogP contribution in [-0.2, 0) is 10.0 Å². The summed E-state index contributed by atoms with van der Waals surface area (Å²) in [4.78, 5) is 9.76. The fraction of sp³-hybridized carbons (Fsp3) is 0. The van der Waals surface area contributed by atoms with E-state index >= 15 is 0 Å². The third-order valence-corrected chi connectivity index (χ3v) is 3.68. The SMILES string of the molecule is Nc1c(-c2ccccc2)cc([N+](=O)[O-])cc1S(N)(=O)=O. The molecule has 0 aromatic heterocycles. The van der Waals surface area contributed by atoms with E-state index in [1.807, 2.05) is 0 Å². The molecule has 0 unspecified atom stereocenters. The van der Waals surface area contributed by atoms with Crippen LogP contribution in [0, 0.1) is 10.1 Å². The summed E-state index contributed by atoms with van der Waals surface area (Å²) in [6.45, 7) is 0. The number of hydrogen-bond acceptors (Lipinski definition) is 5. The predicted octanol–water partition coefficient (Wildman–Crippen LogP) is 1.49. The minimum absolute atomic E-state index is 0.107. The van der Waals surface area contributed by atoms with Crippen LogP contribution in [0.25, 0.3) is 11.1 Å². The molecule has 0 radical (unpaired) electrons. The lowest BCUT2D eigenvalue weighted by atomic mass is 10.0. The number of anilines is 1. The predicted molar refractivity (Wildman–Crippen MR) is 74.3 cm³/mol. The Morgan fingerprint density at radius 2 is 1.70 bits per heavy atom. The van der Waals surface area contributed by atoms with E-state index in [-0.39, 0.29) is 16.9 Å². The molecule has 0 aliphatic heterocycles. The minimum Gasteiger partial charge on any atom is -0.397 e. The molecule has 7 nitrogen and oxygen atoms in total. The van der Waals surface area contributed by atoms with Crippen LogP contribution in [0.3, 0.4) is 0 Å². The van der Waals surface area contributed by atoms with Gasteiger partial charge in [-0.3, -0.25) is 10.1 Å². The highest BCUT2D eigenvalue weighted by Crippen LogP contribution is 2.34. The summed E-state index contributed by atoms with van der Waals surface area (Å²) in [5.41, 5.74) is 6.12. The number of nitrogens with zero attached hydrogens (tertiary/aromatic N) is 1. The smallest absolute Gasteiger partial charge is 0.271 e. The van der Waals surface area contributed by atoms with Gasteiger partial charge in [0.2, 0.25) is 10.0 Å². The molecule has 2 rings (SSSR count). The van der Waals surface area contributed by atoms with Gasteiger partial charge in [0.15, 0.2) is 0 Å². The number of nitrogens with two attached hydrogens (primary N) is 2. The lowest BCUT2D eigenvalue weighted by Crippen LogP contribution is -2.15. The Labute approximate surface area is 115 Å². The van der Waals surface area contributed by atoms with E-state index in [1.165, 1.54) is 6.07 Å². The molecule has 0 atom stereocenters. The van der Waals surface area contributed by atoms with Gasteiger partial charge in [0.05, 0.1) is 10.6 Å². The van der Waals surface area contributed by atoms with Gasteiger partial charge in [-0.1, -0.05) is 30.3 Å². The lowest BCUT2D eigenvalue weighted by Gasteiger charge is -2.10. The van der Waals surface area contributed by atoms with E-state index in [0.717, 1.165) is 6.07 Å². The Morgan fingerprint density at radius 1 is 1.10 bits per heavy atom. The molecule has 0 amide bonds. The largest absolute Gasteiger partial charge is 0.397 e. The average Bonchev–Trinajstić information content (AvgIpc) is 2.38. The molecule has 0 fully saturated rings. The highest BCUT2D eigenvalue weighted by molar-refractivity contribution is 7.89. The van der Waals surface area contributed by atoms with E-state index in [2.05, 4.69) is 0 Å². The highest BCUT2D eigenvalue weighted by Gasteiger charge is 2.22. The quantitative estimate of drug-likeness (QED) is 0.503. The van der Waals surface area contributed by atoms with Crippen LogP contribution in [0.5, 0.6) is 0 Å². The van der Waals surface area contributed by atoms with Crippen molar-refractivity contribution in [3.05, 3.63) is 52.6 Å². The Morgan fingerprint density at radius 3 is 2.20 bits per heavy atom. The number of rotatable bonds is 3. The molecule has 4 N–H and O–H groups in total. The van der Waals surface area contributed by atoms with Crippen LogP contribution in [0.2, 0.25) is 0 Å². The molecule has 0 saturated heterocycles. The molecule has 2 aromatic carbocycles. The van der Waals surface area contributed by atoms with Crippen molar-refractivity contribution in [1.29, 1.82) is 0 Å². The van der Waals surface area contributed by atoms with Crippen molar-refractivity contribution in [2.75, 3.05) is 5.73 Å². The Bertz CT molecular complexity index is 773. The Hall–Kier alpha value is -2.45. The highest BCUT2D eigenvalue weighted by atomic mass is 32.2. The molecule has 20 heavy (non-hydrogen) atoms. The molecular weight excluding hydrogens is 282 g/mol. The van der Waals surface area contributed by atoms with E-state index in [1.54, 1.807) is 30.3 Å². The average molecular weight is 293 g/mol. The van der Waals surface area contributed by atoms with Gasteiger partial charge in [-0.15, -0.1) is 0 Å². The number of benzene rings is 2. The van der Waals surface area contributed by atoms with E-state index in [9.17, 15) is 18.5 Å². The summed E-state index contributed by atoms with van der Waals surface area (Å²) >= 11 is 0. The van der Waals surface area contributed by atoms with Gasteiger partial charge >= 0.3 is 0 Å². The lowest BCUT2D eigenvalue weighted by molar-refractivity contribution is -0.385. The second kappa shape index (κ2) is 4.91. The first-order valence-electron chi connectivity index (χ1n) is 5.47. The molecule has 0 saturated carbocycles. The zero-order valence-corrected chi connectivity index (χ0v) is 11.0. The molecule has 0 aliphatic carbocycles. The molecule has 8 heteroatoms. The number of nitro benzene ring substituents is 1. The number of nitro groups is 1. The van der Waals surface area contributed by atoms with Crippen molar-refractivity contribution < 1.29 is 13.3 Å². The summed E-state index contributed by atoms with van der Waals surface area (Å²) in [6.07, 6.45) is 0. The summed E-state index contributed by atoms with van der Waals surface area (Å²) in [6, 6.07) is 10.6. The van der Waals surface area contributed by atoms with Gasteiger partial charge in [-0.05, 0) is 5.56 Å². The first-order chi connectivity index (χ1) is 9.30. The van der Waals surface area contributed by atoms with Crippen molar-refractivity contribution in [1.82, 2.24) is 0 Å². The number of sulfonamides is 1. The Kier molecular flexibility index (Phi) is 3.43. The van der Waals surface area contributed by atoms with Crippen LogP contribution in [0.1, 0.15) is 0 Å². The van der Waals surface area contributed by atoms with Crippen LogP contribution >= 0.6 is 0 Å². The maximum atomic E-state index is 11.5. The van der Waals surface area contributed by atoms with Gasteiger partial charge in [-0.25, -0.2) is 13.6 Å². The fourth-order valence-electron chi connectivity index (χ4n) is 1.81. The van der Waals surface area contributed by atoms with Crippen molar-refractivity contribution in [3.8, 4) is 11.1 Å². The zero-order chi connectivity index (χ0) is 14.9. The molecule has 2 aromatic rings.